The highest BCUT2D eigenvalue weighted by Crippen LogP contribution is 2.27. The van der Waals surface area contributed by atoms with Gasteiger partial charge in [-0.25, -0.2) is 0 Å². The molecule has 0 saturated heterocycles. The fraction of sp³-hybridized carbons (Fsp3) is 0.125. The molecule has 1 unspecified atom stereocenters. The SMILES string of the molecule is NCC(Oc1cccc2cccnc12)c1cccnc1. The smallest absolute Gasteiger partial charge is 0.146 e. The molecule has 4 nitrogen and oxygen atoms in total. The molecule has 2 aromatic heterocycles. The number of nitrogens with two attached hydrogens (primary N) is 1. The maximum atomic E-state index is 6.04. The van der Waals surface area contributed by atoms with E-state index in [1.807, 2.05) is 42.5 Å². The first-order valence-electron chi connectivity index (χ1n) is 6.49. The van der Waals surface area contributed by atoms with E-state index < -0.39 is 0 Å². The molecule has 4 heteroatoms. The molecule has 0 amide bonds. The van der Waals surface area contributed by atoms with Gasteiger partial charge in [0.25, 0.3) is 0 Å². The summed E-state index contributed by atoms with van der Waals surface area (Å²) < 4.78 is 6.04. The van der Waals surface area contributed by atoms with Crippen LogP contribution in [0.1, 0.15) is 11.7 Å². The predicted octanol–water partition coefficient (Wildman–Crippen LogP) is 2.71. The van der Waals surface area contributed by atoms with E-state index in [1.165, 1.54) is 0 Å². The van der Waals surface area contributed by atoms with Crippen LogP contribution in [-0.2, 0) is 0 Å². The van der Waals surface area contributed by atoms with Crippen LogP contribution in [0.25, 0.3) is 10.9 Å². The Morgan fingerprint density at radius 3 is 2.70 bits per heavy atom. The summed E-state index contributed by atoms with van der Waals surface area (Å²) in [5, 5.41) is 1.05. The van der Waals surface area contributed by atoms with Gasteiger partial charge < -0.3 is 10.5 Å². The van der Waals surface area contributed by atoms with E-state index in [0.717, 1.165) is 22.2 Å². The largest absolute Gasteiger partial charge is 0.482 e. The van der Waals surface area contributed by atoms with Crippen LogP contribution in [0.3, 0.4) is 0 Å². The zero-order valence-corrected chi connectivity index (χ0v) is 10.9. The molecule has 0 spiro atoms. The topological polar surface area (TPSA) is 61.0 Å². The molecule has 0 aliphatic rings. The van der Waals surface area contributed by atoms with Crippen molar-refractivity contribution in [2.75, 3.05) is 6.54 Å². The molecule has 1 aromatic carbocycles. The lowest BCUT2D eigenvalue weighted by molar-refractivity contribution is 0.216. The normalized spacial score (nSPS) is 12.2. The first kappa shape index (κ1) is 12.6. The molecule has 2 N–H and O–H groups in total. The van der Waals surface area contributed by atoms with Crippen LogP contribution in [0, 0.1) is 0 Å². The van der Waals surface area contributed by atoms with Crippen molar-refractivity contribution in [3.63, 3.8) is 0 Å². The third kappa shape index (κ3) is 2.46. The molecular formula is C16H15N3O. The Hall–Kier alpha value is -2.46. The van der Waals surface area contributed by atoms with Crippen molar-refractivity contribution in [2.24, 2.45) is 5.73 Å². The van der Waals surface area contributed by atoms with Crippen molar-refractivity contribution in [3.8, 4) is 5.75 Å². The lowest BCUT2D eigenvalue weighted by atomic mass is 10.1. The number of para-hydroxylation sites is 1. The fourth-order valence-corrected chi connectivity index (χ4v) is 2.14. The van der Waals surface area contributed by atoms with Crippen LogP contribution in [0.2, 0.25) is 0 Å². The van der Waals surface area contributed by atoms with Gasteiger partial charge in [0.15, 0.2) is 0 Å². The minimum atomic E-state index is -0.226. The highest BCUT2D eigenvalue weighted by molar-refractivity contribution is 5.84. The second kappa shape index (κ2) is 5.67. The number of nitrogens with zero attached hydrogens (tertiary/aromatic N) is 2. The average Bonchev–Trinajstić information content (AvgIpc) is 2.53. The number of benzene rings is 1. The van der Waals surface area contributed by atoms with E-state index in [-0.39, 0.29) is 6.10 Å². The molecule has 0 aliphatic carbocycles. The van der Waals surface area contributed by atoms with Gasteiger partial charge in [-0.1, -0.05) is 24.3 Å². The summed E-state index contributed by atoms with van der Waals surface area (Å²) in [6, 6.07) is 13.6. The first-order valence-corrected chi connectivity index (χ1v) is 6.49. The van der Waals surface area contributed by atoms with E-state index in [2.05, 4.69) is 9.97 Å². The van der Waals surface area contributed by atoms with Gasteiger partial charge in [0.1, 0.15) is 17.4 Å². The Morgan fingerprint density at radius 2 is 1.90 bits per heavy atom. The predicted molar refractivity (Wildman–Crippen MR) is 78.4 cm³/mol. The summed E-state index contributed by atoms with van der Waals surface area (Å²) >= 11 is 0. The molecule has 3 aromatic rings. The Balaban J connectivity index is 1.96. The molecule has 100 valence electrons. The van der Waals surface area contributed by atoms with Crippen molar-refractivity contribution in [3.05, 3.63) is 66.6 Å². The number of hydrogen-bond donors (Lipinski definition) is 1. The van der Waals surface area contributed by atoms with Crippen LogP contribution in [0.4, 0.5) is 0 Å². The molecule has 1 atom stereocenters. The Bertz CT molecular complexity index is 695. The molecule has 2 heterocycles. The average molecular weight is 265 g/mol. The quantitative estimate of drug-likeness (QED) is 0.788. The van der Waals surface area contributed by atoms with Crippen molar-refractivity contribution in [1.29, 1.82) is 0 Å². The summed E-state index contributed by atoms with van der Waals surface area (Å²) in [5.41, 5.74) is 7.63. The van der Waals surface area contributed by atoms with E-state index >= 15 is 0 Å². The van der Waals surface area contributed by atoms with Crippen molar-refractivity contribution < 1.29 is 4.74 Å². The summed E-state index contributed by atoms with van der Waals surface area (Å²) in [5.74, 6) is 0.738. The minimum Gasteiger partial charge on any atom is -0.482 e. The number of fused-ring (bicyclic) bond motifs is 1. The van der Waals surface area contributed by atoms with E-state index in [1.54, 1.807) is 18.6 Å². The number of pyridine rings is 2. The molecule has 20 heavy (non-hydrogen) atoms. The zero-order chi connectivity index (χ0) is 13.8. The summed E-state index contributed by atoms with van der Waals surface area (Å²) in [6.07, 6.45) is 5.04. The summed E-state index contributed by atoms with van der Waals surface area (Å²) in [6.45, 7) is 0.384. The monoisotopic (exact) mass is 265 g/mol. The lowest BCUT2D eigenvalue weighted by Gasteiger charge is -2.18. The van der Waals surface area contributed by atoms with Gasteiger partial charge in [-0.2, -0.15) is 0 Å². The van der Waals surface area contributed by atoms with Crippen LogP contribution in [-0.4, -0.2) is 16.5 Å². The Morgan fingerprint density at radius 1 is 1.05 bits per heavy atom. The van der Waals surface area contributed by atoms with Crippen molar-refractivity contribution >= 4 is 10.9 Å². The third-order valence-corrected chi connectivity index (χ3v) is 3.14. The maximum absolute atomic E-state index is 6.04. The number of ether oxygens (including phenoxy) is 1. The molecule has 0 bridgehead atoms. The summed E-state index contributed by atoms with van der Waals surface area (Å²) in [4.78, 5) is 8.49. The zero-order valence-electron chi connectivity index (χ0n) is 10.9. The van der Waals surface area contributed by atoms with Crippen LogP contribution >= 0.6 is 0 Å². The lowest BCUT2D eigenvalue weighted by Crippen LogP contribution is -2.18. The van der Waals surface area contributed by atoms with E-state index in [4.69, 9.17) is 10.5 Å². The molecule has 0 radical (unpaired) electrons. The molecule has 3 rings (SSSR count). The molecule has 0 saturated carbocycles. The molecule has 0 fully saturated rings. The van der Waals surface area contributed by atoms with Gasteiger partial charge in [-0.15, -0.1) is 0 Å². The van der Waals surface area contributed by atoms with Gasteiger partial charge >= 0.3 is 0 Å². The van der Waals surface area contributed by atoms with Gasteiger partial charge in [0.05, 0.1) is 0 Å². The second-order valence-corrected chi connectivity index (χ2v) is 4.46. The van der Waals surface area contributed by atoms with E-state index in [9.17, 15) is 0 Å². The van der Waals surface area contributed by atoms with Gasteiger partial charge in [-0.05, 0) is 18.2 Å². The highest BCUT2D eigenvalue weighted by Gasteiger charge is 2.13. The van der Waals surface area contributed by atoms with Crippen LogP contribution in [0.15, 0.2) is 61.1 Å². The number of hydrogen-bond acceptors (Lipinski definition) is 4. The van der Waals surface area contributed by atoms with E-state index in [0.29, 0.717) is 6.54 Å². The number of rotatable bonds is 4. The van der Waals surface area contributed by atoms with Crippen molar-refractivity contribution in [1.82, 2.24) is 9.97 Å². The first-order chi connectivity index (χ1) is 9.88. The third-order valence-electron chi connectivity index (χ3n) is 3.14. The molecular weight excluding hydrogens is 250 g/mol. The fourth-order valence-electron chi connectivity index (χ4n) is 2.14. The van der Waals surface area contributed by atoms with Gasteiger partial charge in [0.2, 0.25) is 0 Å². The number of aromatic nitrogens is 2. The van der Waals surface area contributed by atoms with Gasteiger partial charge in [-0.3, -0.25) is 9.97 Å². The minimum absolute atomic E-state index is 0.226. The Kier molecular flexibility index (Phi) is 3.56. The summed E-state index contributed by atoms with van der Waals surface area (Å²) in [7, 11) is 0. The standard InChI is InChI=1S/C16H15N3O/c17-10-15(13-6-2-8-18-11-13)20-14-7-1-4-12-5-3-9-19-16(12)14/h1-9,11,15H,10,17H2. The second-order valence-electron chi connectivity index (χ2n) is 4.46. The Labute approximate surface area is 117 Å². The molecule has 0 aliphatic heterocycles. The van der Waals surface area contributed by atoms with Crippen LogP contribution in [0.5, 0.6) is 5.75 Å². The van der Waals surface area contributed by atoms with Gasteiger partial charge in [0, 0.05) is 36.1 Å². The van der Waals surface area contributed by atoms with Crippen LogP contribution < -0.4 is 10.5 Å². The van der Waals surface area contributed by atoms with Crippen molar-refractivity contribution in [2.45, 2.75) is 6.10 Å². The highest BCUT2D eigenvalue weighted by atomic mass is 16.5. The maximum Gasteiger partial charge on any atom is 0.146 e.